The molecule has 28 heavy (non-hydrogen) atoms. The summed E-state index contributed by atoms with van der Waals surface area (Å²) in [4.78, 5) is 12.8. The molecule has 5 nitrogen and oxygen atoms in total. The van der Waals surface area contributed by atoms with Crippen molar-refractivity contribution in [3.05, 3.63) is 71.8 Å². The quantitative estimate of drug-likeness (QED) is 0.696. The Bertz CT molecular complexity index is 991. The van der Waals surface area contributed by atoms with Crippen LogP contribution >= 0.6 is 0 Å². The zero-order chi connectivity index (χ0) is 20.4. The van der Waals surface area contributed by atoms with Crippen molar-refractivity contribution >= 4 is 21.6 Å². The molecule has 0 saturated heterocycles. The third kappa shape index (κ3) is 3.83. The van der Waals surface area contributed by atoms with Gasteiger partial charge in [0, 0.05) is 12.2 Å². The van der Waals surface area contributed by atoms with E-state index in [1.807, 2.05) is 26.0 Å². The molecule has 0 aromatic heterocycles. The van der Waals surface area contributed by atoms with Crippen molar-refractivity contribution in [2.24, 2.45) is 0 Å². The second-order valence-corrected chi connectivity index (χ2v) is 9.05. The van der Waals surface area contributed by atoms with Crippen LogP contribution in [-0.2, 0) is 20.2 Å². The summed E-state index contributed by atoms with van der Waals surface area (Å²) in [7, 11) is -3.66. The number of sulfonamides is 1. The molecule has 2 aromatic rings. The van der Waals surface area contributed by atoms with E-state index in [2.05, 4.69) is 16.6 Å². The Morgan fingerprint density at radius 3 is 2.32 bits per heavy atom. The number of nitrogens with one attached hydrogen (secondary N) is 2. The fourth-order valence-electron chi connectivity index (χ4n) is 3.46. The van der Waals surface area contributed by atoms with Gasteiger partial charge in [0.1, 0.15) is 0 Å². The van der Waals surface area contributed by atoms with Crippen molar-refractivity contribution in [3.63, 3.8) is 0 Å². The third-order valence-electron chi connectivity index (χ3n) is 5.53. The molecule has 1 aliphatic carbocycles. The van der Waals surface area contributed by atoms with Gasteiger partial charge in [-0.1, -0.05) is 30.7 Å². The van der Waals surface area contributed by atoms with Crippen LogP contribution in [0.5, 0.6) is 0 Å². The lowest BCUT2D eigenvalue weighted by atomic mass is 9.64. The number of rotatable bonds is 7. The Morgan fingerprint density at radius 1 is 1.11 bits per heavy atom. The lowest BCUT2D eigenvalue weighted by Crippen LogP contribution is -2.49. The molecule has 3 rings (SSSR count). The van der Waals surface area contributed by atoms with Gasteiger partial charge in [0.2, 0.25) is 5.91 Å². The molecule has 0 heterocycles. The first-order valence-electron chi connectivity index (χ1n) is 9.38. The van der Waals surface area contributed by atoms with Crippen molar-refractivity contribution in [2.75, 3.05) is 11.3 Å². The van der Waals surface area contributed by atoms with Gasteiger partial charge >= 0.3 is 0 Å². The Balaban J connectivity index is 1.79. The van der Waals surface area contributed by atoms with E-state index < -0.39 is 15.4 Å². The summed E-state index contributed by atoms with van der Waals surface area (Å²) in [5.41, 5.74) is 2.84. The molecule has 0 radical (unpaired) electrons. The normalized spacial score (nSPS) is 15.4. The van der Waals surface area contributed by atoms with Crippen molar-refractivity contribution in [3.8, 4) is 0 Å². The molecule has 1 amide bonds. The fraction of sp³-hybridized carbons (Fsp3) is 0.318. The second-order valence-electron chi connectivity index (χ2n) is 7.36. The molecule has 0 aliphatic heterocycles. The maximum Gasteiger partial charge on any atom is 0.261 e. The topological polar surface area (TPSA) is 75.3 Å². The van der Waals surface area contributed by atoms with Crippen LogP contribution in [0.4, 0.5) is 5.69 Å². The van der Waals surface area contributed by atoms with Gasteiger partial charge in [-0.2, -0.15) is 0 Å². The van der Waals surface area contributed by atoms with Crippen molar-refractivity contribution in [1.29, 1.82) is 0 Å². The minimum Gasteiger partial charge on any atom is -0.352 e. The molecule has 0 bridgehead atoms. The molecule has 0 spiro atoms. The van der Waals surface area contributed by atoms with Crippen LogP contribution in [0.1, 0.15) is 36.0 Å². The molecule has 6 heteroatoms. The summed E-state index contributed by atoms with van der Waals surface area (Å²) in [6.07, 6.45) is 4.25. The molecule has 148 valence electrons. The summed E-state index contributed by atoms with van der Waals surface area (Å²) in [5, 5.41) is 2.89. The lowest BCUT2D eigenvalue weighted by Gasteiger charge is -2.40. The maximum atomic E-state index is 12.7. The zero-order valence-electron chi connectivity index (χ0n) is 16.3. The van der Waals surface area contributed by atoms with Crippen molar-refractivity contribution < 1.29 is 13.2 Å². The zero-order valence-corrected chi connectivity index (χ0v) is 17.1. The molecule has 1 aliphatic rings. The highest BCUT2D eigenvalue weighted by atomic mass is 32.2. The summed E-state index contributed by atoms with van der Waals surface area (Å²) in [5.74, 6) is 0.00195. The van der Waals surface area contributed by atoms with E-state index in [0.29, 0.717) is 12.2 Å². The van der Waals surface area contributed by atoms with Crippen molar-refractivity contribution in [1.82, 2.24) is 5.32 Å². The molecular weight excluding hydrogens is 372 g/mol. The van der Waals surface area contributed by atoms with Crippen LogP contribution in [0.15, 0.2) is 60.0 Å². The number of aryl methyl sites for hydroxylation is 2. The van der Waals surface area contributed by atoms with Gasteiger partial charge in [-0.3, -0.25) is 9.52 Å². The molecular formula is C22H26N2O3S. The summed E-state index contributed by atoms with van der Waals surface area (Å²) in [6.45, 7) is 7.90. The standard InChI is InChI=1S/C22H26N2O3S/c1-4-14-23-21(25)22(12-5-13-22)18-7-9-19(10-8-18)24-28(26,27)20-11-6-16(2)17(3)15-20/h4,6-11,15,24H,1,5,12-14H2,2-3H3,(H,23,25). The number of benzene rings is 2. The van der Waals surface area contributed by atoms with Gasteiger partial charge < -0.3 is 5.32 Å². The van der Waals surface area contributed by atoms with Crippen LogP contribution in [-0.4, -0.2) is 20.9 Å². The minimum atomic E-state index is -3.66. The number of amides is 1. The van der Waals surface area contributed by atoms with E-state index in [4.69, 9.17) is 0 Å². The molecule has 1 saturated carbocycles. The average Bonchev–Trinajstić information content (AvgIpc) is 2.62. The molecule has 0 unspecified atom stereocenters. The van der Waals surface area contributed by atoms with Crippen LogP contribution < -0.4 is 10.0 Å². The monoisotopic (exact) mass is 398 g/mol. The SMILES string of the molecule is C=CCNC(=O)C1(c2ccc(NS(=O)(=O)c3ccc(C)c(C)c3)cc2)CCC1. The highest BCUT2D eigenvalue weighted by Gasteiger charge is 2.45. The van der Waals surface area contributed by atoms with Crippen molar-refractivity contribution in [2.45, 2.75) is 43.4 Å². The third-order valence-corrected chi connectivity index (χ3v) is 6.91. The first kappa shape index (κ1) is 20.1. The second kappa shape index (κ2) is 7.80. The Morgan fingerprint density at radius 2 is 1.79 bits per heavy atom. The maximum absolute atomic E-state index is 12.7. The highest BCUT2D eigenvalue weighted by Crippen LogP contribution is 2.44. The fourth-order valence-corrected chi connectivity index (χ4v) is 4.61. The van der Waals surface area contributed by atoms with E-state index >= 15 is 0 Å². The molecule has 1 fully saturated rings. The predicted molar refractivity (Wildman–Crippen MR) is 112 cm³/mol. The van der Waals surface area contributed by atoms with Gasteiger partial charge in [-0.25, -0.2) is 8.42 Å². The molecule has 2 N–H and O–H groups in total. The predicted octanol–water partition coefficient (Wildman–Crippen LogP) is 3.83. The van der Waals surface area contributed by atoms with Gasteiger partial charge in [0.05, 0.1) is 10.3 Å². The van der Waals surface area contributed by atoms with Crippen LogP contribution in [0, 0.1) is 13.8 Å². The van der Waals surface area contributed by atoms with E-state index in [9.17, 15) is 13.2 Å². The number of carbonyl (C=O) groups is 1. The summed E-state index contributed by atoms with van der Waals surface area (Å²) in [6, 6.07) is 12.2. The van der Waals surface area contributed by atoms with Crippen LogP contribution in [0.25, 0.3) is 0 Å². The van der Waals surface area contributed by atoms with E-state index in [1.165, 1.54) is 0 Å². The first-order chi connectivity index (χ1) is 13.3. The first-order valence-corrected chi connectivity index (χ1v) is 10.9. The minimum absolute atomic E-state index is 0.00195. The number of carbonyl (C=O) groups excluding carboxylic acids is 1. The number of hydrogen-bond donors (Lipinski definition) is 2. The summed E-state index contributed by atoms with van der Waals surface area (Å²) < 4.78 is 27.9. The highest BCUT2D eigenvalue weighted by molar-refractivity contribution is 7.92. The van der Waals surface area contributed by atoms with Crippen LogP contribution in [0.3, 0.4) is 0 Å². The van der Waals surface area contributed by atoms with E-state index in [0.717, 1.165) is 36.0 Å². The number of anilines is 1. The molecule has 0 atom stereocenters. The molecule has 2 aromatic carbocycles. The Hall–Kier alpha value is -2.60. The van der Waals surface area contributed by atoms with Gasteiger partial charge in [-0.15, -0.1) is 6.58 Å². The van der Waals surface area contributed by atoms with E-state index in [-0.39, 0.29) is 10.8 Å². The Labute approximate surface area is 166 Å². The summed E-state index contributed by atoms with van der Waals surface area (Å²) >= 11 is 0. The number of hydrogen-bond acceptors (Lipinski definition) is 3. The van der Waals surface area contributed by atoms with Gasteiger partial charge in [0.25, 0.3) is 10.0 Å². The van der Waals surface area contributed by atoms with Gasteiger partial charge in [-0.05, 0) is 67.6 Å². The average molecular weight is 399 g/mol. The Kier molecular flexibility index (Phi) is 5.61. The van der Waals surface area contributed by atoms with Crippen LogP contribution in [0.2, 0.25) is 0 Å². The lowest BCUT2D eigenvalue weighted by molar-refractivity contribution is -0.129. The largest absolute Gasteiger partial charge is 0.352 e. The van der Waals surface area contributed by atoms with Gasteiger partial charge in [0.15, 0.2) is 0 Å². The van der Waals surface area contributed by atoms with E-state index in [1.54, 1.807) is 36.4 Å². The smallest absolute Gasteiger partial charge is 0.261 e.